The second-order valence-corrected chi connectivity index (χ2v) is 7.49. The number of hydrogen-bond acceptors (Lipinski definition) is 3. The lowest BCUT2D eigenvalue weighted by Crippen LogP contribution is -2.05. The van der Waals surface area contributed by atoms with Gasteiger partial charge in [-0.2, -0.15) is 0 Å². The molecular formula is C16H12ClNS2. The molecule has 2 aliphatic heterocycles. The van der Waals surface area contributed by atoms with Crippen LogP contribution in [0.5, 0.6) is 0 Å². The molecule has 0 N–H and O–H groups in total. The molecule has 0 aromatic carbocycles. The van der Waals surface area contributed by atoms with Crippen molar-refractivity contribution in [3.8, 4) is 0 Å². The molecule has 2 aliphatic carbocycles. The minimum atomic E-state index is 0.702. The van der Waals surface area contributed by atoms with E-state index in [2.05, 4.69) is 35.6 Å². The van der Waals surface area contributed by atoms with Gasteiger partial charge in [-0.1, -0.05) is 53.4 Å². The van der Waals surface area contributed by atoms with Gasteiger partial charge in [0.1, 0.15) is 0 Å². The maximum Gasteiger partial charge on any atom is 0.0696 e. The van der Waals surface area contributed by atoms with Crippen LogP contribution in [0.15, 0.2) is 71.8 Å². The highest BCUT2D eigenvalue weighted by Gasteiger charge is 2.31. The molecule has 0 saturated heterocycles. The molecular weight excluding hydrogens is 306 g/mol. The number of fused-ring (bicyclic) bond motifs is 3. The third kappa shape index (κ3) is 1.92. The van der Waals surface area contributed by atoms with Crippen LogP contribution in [0, 0.1) is 0 Å². The van der Waals surface area contributed by atoms with Crippen LogP contribution in [0.25, 0.3) is 0 Å². The first-order chi connectivity index (χ1) is 9.74. The number of halogens is 1. The zero-order valence-electron chi connectivity index (χ0n) is 10.9. The highest BCUT2D eigenvalue weighted by Crippen LogP contribution is 2.51. The van der Waals surface area contributed by atoms with E-state index < -0.39 is 0 Å². The molecule has 0 aromatic heterocycles. The van der Waals surface area contributed by atoms with Crippen LogP contribution in [0.3, 0.4) is 0 Å². The van der Waals surface area contributed by atoms with Crippen molar-refractivity contribution in [1.29, 1.82) is 0 Å². The van der Waals surface area contributed by atoms with Crippen LogP contribution in [0.4, 0.5) is 0 Å². The Hall–Kier alpha value is -0.900. The van der Waals surface area contributed by atoms with Crippen LogP contribution in [-0.2, 0) is 0 Å². The van der Waals surface area contributed by atoms with Crippen LogP contribution in [0.1, 0.15) is 13.3 Å². The van der Waals surface area contributed by atoms with E-state index in [0.29, 0.717) is 6.54 Å². The van der Waals surface area contributed by atoms with Crippen molar-refractivity contribution >= 4 is 40.2 Å². The molecule has 0 amide bonds. The Labute approximate surface area is 131 Å². The first-order valence-electron chi connectivity index (χ1n) is 6.50. The van der Waals surface area contributed by atoms with Gasteiger partial charge in [0.2, 0.25) is 0 Å². The number of nitrogens with zero attached hydrogens (tertiary/aromatic N) is 1. The van der Waals surface area contributed by atoms with E-state index in [4.69, 9.17) is 11.6 Å². The Morgan fingerprint density at radius 3 is 3.00 bits per heavy atom. The molecule has 4 heteroatoms. The van der Waals surface area contributed by atoms with Crippen molar-refractivity contribution in [2.75, 3.05) is 6.54 Å². The Morgan fingerprint density at radius 1 is 1.20 bits per heavy atom. The molecule has 0 aromatic rings. The molecule has 0 atom stereocenters. The minimum absolute atomic E-state index is 0.702. The van der Waals surface area contributed by atoms with E-state index in [-0.39, 0.29) is 0 Å². The van der Waals surface area contributed by atoms with Gasteiger partial charge < -0.3 is 0 Å². The molecule has 0 unspecified atom stereocenters. The summed E-state index contributed by atoms with van der Waals surface area (Å²) in [6.07, 6.45) is 9.58. The normalized spacial score (nSPS) is 24.3. The van der Waals surface area contributed by atoms with E-state index in [1.165, 1.54) is 32.1 Å². The third-order valence-corrected chi connectivity index (χ3v) is 6.22. The zero-order valence-corrected chi connectivity index (χ0v) is 13.3. The second kappa shape index (κ2) is 4.83. The summed E-state index contributed by atoms with van der Waals surface area (Å²) in [5.74, 6) is 0. The number of hydrogen-bond donors (Lipinski definition) is 0. The van der Waals surface area contributed by atoms with Gasteiger partial charge >= 0.3 is 0 Å². The minimum Gasteiger partial charge on any atom is -0.278 e. The van der Waals surface area contributed by atoms with E-state index >= 15 is 0 Å². The highest BCUT2D eigenvalue weighted by molar-refractivity contribution is 8.17. The molecule has 20 heavy (non-hydrogen) atoms. The van der Waals surface area contributed by atoms with Gasteiger partial charge in [0, 0.05) is 26.8 Å². The van der Waals surface area contributed by atoms with Crippen molar-refractivity contribution in [3.63, 3.8) is 0 Å². The predicted molar refractivity (Wildman–Crippen MR) is 91.1 cm³/mol. The molecule has 4 aliphatic rings. The smallest absolute Gasteiger partial charge is 0.0696 e. The summed E-state index contributed by atoms with van der Waals surface area (Å²) in [6, 6.07) is 0. The average Bonchev–Trinajstić information content (AvgIpc) is 2.77. The summed E-state index contributed by atoms with van der Waals surface area (Å²) in [7, 11) is 0. The maximum absolute atomic E-state index is 6.45. The van der Waals surface area contributed by atoms with Crippen molar-refractivity contribution in [3.05, 3.63) is 66.8 Å². The molecule has 0 spiro atoms. The monoisotopic (exact) mass is 317 g/mol. The lowest BCUT2D eigenvalue weighted by molar-refractivity contribution is 1.14. The zero-order chi connectivity index (χ0) is 13.7. The van der Waals surface area contributed by atoms with E-state index in [1.54, 1.807) is 11.8 Å². The summed E-state index contributed by atoms with van der Waals surface area (Å²) >= 11 is 10.0. The van der Waals surface area contributed by atoms with Crippen molar-refractivity contribution in [1.82, 2.24) is 0 Å². The summed E-state index contributed by atoms with van der Waals surface area (Å²) < 4.78 is 0. The second-order valence-electron chi connectivity index (χ2n) is 4.96. The lowest BCUT2D eigenvalue weighted by atomic mass is 10.1. The summed E-state index contributed by atoms with van der Waals surface area (Å²) in [4.78, 5) is 7.24. The Balaban J connectivity index is 1.95. The van der Waals surface area contributed by atoms with Gasteiger partial charge in [-0.15, -0.1) is 0 Å². The Morgan fingerprint density at radius 2 is 2.10 bits per heavy atom. The fourth-order valence-corrected chi connectivity index (χ4v) is 4.98. The van der Waals surface area contributed by atoms with Crippen LogP contribution in [-0.4, -0.2) is 11.6 Å². The van der Waals surface area contributed by atoms with Gasteiger partial charge in [0.25, 0.3) is 0 Å². The van der Waals surface area contributed by atoms with Crippen molar-refractivity contribution in [2.45, 2.75) is 13.3 Å². The number of rotatable bonds is 0. The van der Waals surface area contributed by atoms with Gasteiger partial charge in [0.05, 0.1) is 11.6 Å². The molecule has 4 rings (SSSR count). The van der Waals surface area contributed by atoms with Gasteiger partial charge in [-0.25, -0.2) is 0 Å². The molecule has 0 bridgehead atoms. The molecule has 0 radical (unpaired) electrons. The van der Waals surface area contributed by atoms with Gasteiger partial charge in [-0.05, 0) is 35.1 Å². The standard InChI is InChI=1S/C16H12ClNS2/c1-9-18-8-13-14(17)5-4-11-12(16(13)20-9)7-10-3-2-6-19-15(10)11/h2-6H,7-8H2,1H3. The van der Waals surface area contributed by atoms with Crippen LogP contribution < -0.4 is 0 Å². The van der Waals surface area contributed by atoms with Crippen LogP contribution >= 0.6 is 35.1 Å². The van der Waals surface area contributed by atoms with Gasteiger partial charge in [-0.3, -0.25) is 4.99 Å². The average molecular weight is 318 g/mol. The van der Waals surface area contributed by atoms with E-state index in [1.807, 2.05) is 17.8 Å². The first-order valence-corrected chi connectivity index (χ1v) is 8.58. The molecule has 0 fully saturated rings. The third-order valence-electron chi connectivity index (χ3n) is 3.73. The Kier molecular flexibility index (Phi) is 3.09. The quantitative estimate of drug-likeness (QED) is 0.600. The maximum atomic E-state index is 6.45. The summed E-state index contributed by atoms with van der Waals surface area (Å²) in [5.41, 5.74) is 5.37. The summed E-state index contributed by atoms with van der Waals surface area (Å²) in [5, 5.41) is 4.11. The largest absolute Gasteiger partial charge is 0.278 e. The molecule has 0 saturated carbocycles. The molecule has 100 valence electrons. The predicted octanol–water partition coefficient (Wildman–Crippen LogP) is 5.31. The molecule has 2 heterocycles. The van der Waals surface area contributed by atoms with Crippen molar-refractivity contribution < 1.29 is 0 Å². The van der Waals surface area contributed by atoms with Crippen molar-refractivity contribution in [2.24, 2.45) is 4.99 Å². The lowest BCUT2D eigenvalue weighted by Gasteiger charge is -2.18. The first kappa shape index (κ1) is 12.8. The Bertz CT molecular complexity index is 730. The SMILES string of the molecule is CC1=NCC2=C(Cl)C=CC3=C4SC=CC=C4CC3=C2S1. The molecule has 1 nitrogen and oxygen atoms in total. The van der Waals surface area contributed by atoms with E-state index in [0.717, 1.165) is 16.5 Å². The highest BCUT2D eigenvalue weighted by atomic mass is 35.5. The fourth-order valence-electron chi connectivity index (χ4n) is 2.78. The number of allylic oxidation sites excluding steroid dienone is 8. The fraction of sp³-hybridized carbons (Fsp3) is 0.188. The number of aliphatic imine (C=N–C) groups is 1. The van der Waals surface area contributed by atoms with Crippen LogP contribution in [0.2, 0.25) is 0 Å². The van der Waals surface area contributed by atoms with E-state index in [9.17, 15) is 0 Å². The number of thioether (sulfide) groups is 2. The summed E-state index contributed by atoms with van der Waals surface area (Å²) in [6.45, 7) is 2.78. The van der Waals surface area contributed by atoms with Gasteiger partial charge in [0.15, 0.2) is 0 Å². The topological polar surface area (TPSA) is 12.4 Å².